The lowest BCUT2D eigenvalue weighted by Gasteiger charge is -2.14. The van der Waals surface area contributed by atoms with E-state index in [-0.39, 0.29) is 6.54 Å². The zero-order chi connectivity index (χ0) is 18.1. The Morgan fingerprint density at radius 3 is 2.84 bits per heavy atom. The van der Waals surface area contributed by atoms with Crippen molar-refractivity contribution in [2.45, 2.75) is 32.9 Å². The molecule has 1 unspecified atom stereocenters. The maximum atomic E-state index is 10.3. The molecule has 0 aliphatic rings. The molecule has 0 radical (unpaired) electrons. The summed E-state index contributed by atoms with van der Waals surface area (Å²) in [6.45, 7) is 6.44. The smallest absolute Gasteiger partial charge is 0.191 e. The van der Waals surface area contributed by atoms with Crippen molar-refractivity contribution >= 4 is 17.6 Å². The molecule has 2 rings (SSSR count). The Bertz CT molecular complexity index is 687. The standard InChI is InChI=1S/C17H25ClN6O/c1-3-16-23-22-12-24(16)10-9-20-17(19-4-2)21-11-15(25)13-7-5-6-8-14(13)18/h5-8,12,15,25H,3-4,9-11H2,1-2H3,(H2,19,20,21). The lowest BCUT2D eigenvalue weighted by Crippen LogP contribution is -2.39. The Labute approximate surface area is 153 Å². The summed E-state index contributed by atoms with van der Waals surface area (Å²) in [5.74, 6) is 1.61. The highest BCUT2D eigenvalue weighted by Gasteiger charge is 2.11. The van der Waals surface area contributed by atoms with Crippen molar-refractivity contribution in [1.82, 2.24) is 25.4 Å². The Kier molecular flexibility index (Phi) is 7.69. The fraction of sp³-hybridized carbons (Fsp3) is 0.471. The van der Waals surface area contributed by atoms with E-state index in [2.05, 4.69) is 32.7 Å². The van der Waals surface area contributed by atoms with Crippen LogP contribution in [0.3, 0.4) is 0 Å². The third-order valence-corrected chi connectivity index (χ3v) is 4.03. The molecule has 0 spiro atoms. The summed E-state index contributed by atoms with van der Waals surface area (Å²) in [4.78, 5) is 4.44. The Morgan fingerprint density at radius 2 is 2.12 bits per heavy atom. The van der Waals surface area contributed by atoms with E-state index in [9.17, 15) is 5.11 Å². The summed E-state index contributed by atoms with van der Waals surface area (Å²) in [6, 6.07) is 7.25. The molecule has 0 amide bonds. The van der Waals surface area contributed by atoms with Crippen LogP contribution in [-0.4, -0.2) is 45.5 Å². The monoisotopic (exact) mass is 364 g/mol. The van der Waals surface area contributed by atoms with Crippen molar-refractivity contribution in [3.63, 3.8) is 0 Å². The number of benzene rings is 1. The van der Waals surface area contributed by atoms with E-state index in [0.29, 0.717) is 23.1 Å². The minimum absolute atomic E-state index is 0.228. The van der Waals surface area contributed by atoms with Crippen LogP contribution in [0.15, 0.2) is 35.6 Å². The third kappa shape index (κ3) is 5.72. The number of guanidine groups is 1. The molecule has 0 aliphatic heterocycles. The first-order valence-electron chi connectivity index (χ1n) is 8.47. The zero-order valence-electron chi connectivity index (χ0n) is 14.6. The van der Waals surface area contributed by atoms with Gasteiger partial charge in [0.2, 0.25) is 0 Å². The number of hydrogen-bond acceptors (Lipinski definition) is 4. The Hall–Kier alpha value is -2.12. The topological polar surface area (TPSA) is 87.4 Å². The number of aryl methyl sites for hydroxylation is 1. The number of nitrogens with zero attached hydrogens (tertiary/aromatic N) is 4. The van der Waals surface area contributed by atoms with Crippen molar-refractivity contribution in [3.05, 3.63) is 47.0 Å². The summed E-state index contributed by atoms with van der Waals surface area (Å²) in [6.07, 6.45) is 1.83. The minimum Gasteiger partial charge on any atom is -0.386 e. The van der Waals surface area contributed by atoms with Gasteiger partial charge in [0.25, 0.3) is 0 Å². The molecular weight excluding hydrogens is 340 g/mol. The van der Waals surface area contributed by atoms with E-state index in [1.165, 1.54) is 0 Å². The van der Waals surface area contributed by atoms with Crippen LogP contribution >= 0.6 is 11.6 Å². The number of aliphatic hydroxyl groups is 1. The van der Waals surface area contributed by atoms with Crippen molar-refractivity contribution in [3.8, 4) is 0 Å². The number of aliphatic imine (C=N–C) groups is 1. The fourth-order valence-corrected chi connectivity index (χ4v) is 2.66. The first-order valence-corrected chi connectivity index (χ1v) is 8.84. The van der Waals surface area contributed by atoms with E-state index in [0.717, 1.165) is 25.3 Å². The summed E-state index contributed by atoms with van der Waals surface area (Å²) < 4.78 is 2.01. The van der Waals surface area contributed by atoms with Gasteiger partial charge in [-0.2, -0.15) is 0 Å². The zero-order valence-corrected chi connectivity index (χ0v) is 15.4. The first kappa shape index (κ1) is 19.2. The molecule has 0 saturated heterocycles. The maximum Gasteiger partial charge on any atom is 0.191 e. The lowest BCUT2D eigenvalue weighted by molar-refractivity contribution is 0.187. The van der Waals surface area contributed by atoms with Crippen LogP contribution in [0, 0.1) is 0 Å². The molecule has 1 heterocycles. The highest BCUT2D eigenvalue weighted by molar-refractivity contribution is 6.31. The van der Waals surface area contributed by atoms with Crippen LogP contribution in [0.1, 0.15) is 31.3 Å². The van der Waals surface area contributed by atoms with Crippen molar-refractivity contribution in [2.24, 2.45) is 4.99 Å². The Morgan fingerprint density at radius 1 is 1.32 bits per heavy atom. The van der Waals surface area contributed by atoms with Crippen LogP contribution < -0.4 is 10.6 Å². The third-order valence-electron chi connectivity index (χ3n) is 3.69. The average Bonchev–Trinajstić information content (AvgIpc) is 3.07. The number of aromatic nitrogens is 3. The van der Waals surface area contributed by atoms with E-state index >= 15 is 0 Å². The van der Waals surface area contributed by atoms with Gasteiger partial charge in [-0.1, -0.05) is 36.7 Å². The molecule has 25 heavy (non-hydrogen) atoms. The van der Waals surface area contributed by atoms with Gasteiger partial charge in [0.1, 0.15) is 18.3 Å². The molecule has 0 aliphatic carbocycles. The normalized spacial score (nSPS) is 12.9. The number of aliphatic hydroxyl groups excluding tert-OH is 1. The van der Waals surface area contributed by atoms with Gasteiger partial charge in [-0.25, -0.2) is 0 Å². The maximum absolute atomic E-state index is 10.3. The van der Waals surface area contributed by atoms with E-state index < -0.39 is 6.10 Å². The second kappa shape index (κ2) is 10.0. The largest absolute Gasteiger partial charge is 0.386 e. The summed E-state index contributed by atoms with van der Waals surface area (Å²) in [5.41, 5.74) is 0.681. The Balaban J connectivity index is 1.90. The first-order chi connectivity index (χ1) is 12.2. The SMILES string of the molecule is CCNC(=NCC(O)c1ccccc1Cl)NCCn1cnnc1CC. The number of rotatable bonds is 8. The fourth-order valence-electron chi connectivity index (χ4n) is 2.40. The molecule has 7 nitrogen and oxygen atoms in total. The van der Waals surface area contributed by atoms with Gasteiger partial charge in [-0.05, 0) is 13.0 Å². The highest BCUT2D eigenvalue weighted by Crippen LogP contribution is 2.22. The molecular formula is C17H25ClN6O. The molecule has 0 fully saturated rings. The van der Waals surface area contributed by atoms with Crippen molar-refractivity contribution in [1.29, 1.82) is 0 Å². The van der Waals surface area contributed by atoms with Gasteiger partial charge in [0.05, 0.1) is 6.54 Å². The van der Waals surface area contributed by atoms with E-state index in [4.69, 9.17) is 11.6 Å². The summed E-state index contributed by atoms with van der Waals surface area (Å²) in [5, 5.41) is 25.2. The quantitative estimate of drug-likeness (QED) is 0.491. The van der Waals surface area contributed by atoms with Crippen LogP contribution in [-0.2, 0) is 13.0 Å². The van der Waals surface area contributed by atoms with Crippen LogP contribution in [0.2, 0.25) is 5.02 Å². The average molecular weight is 365 g/mol. The second-order valence-corrected chi connectivity index (χ2v) is 5.89. The summed E-state index contributed by atoms with van der Waals surface area (Å²) >= 11 is 6.11. The van der Waals surface area contributed by atoms with Gasteiger partial charge in [0, 0.05) is 36.6 Å². The molecule has 1 aromatic heterocycles. The molecule has 2 aromatic rings. The van der Waals surface area contributed by atoms with Gasteiger partial charge in [-0.15, -0.1) is 10.2 Å². The van der Waals surface area contributed by atoms with Gasteiger partial charge < -0.3 is 20.3 Å². The molecule has 136 valence electrons. The van der Waals surface area contributed by atoms with Crippen LogP contribution in [0.25, 0.3) is 0 Å². The molecule has 1 aromatic carbocycles. The molecule has 0 bridgehead atoms. The minimum atomic E-state index is -0.742. The van der Waals surface area contributed by atoms with E-state index in [1.807, 2.05) is 23.6 Å². The predicted molar refractivity (Wildman–Crippen MR) is 99.8 cm³/mol. The van der Waals surface area contributed by atoms with Gasteiger partial charge in [0.15, 0.2) is 5.96 Å². The van der Waals surface area contributed by atoms with Gasteiger partial charge in [-0.3, -0.25) is 4.99 Å². The number of hydrogen-bond donors (Lipinski definition) is 3. The van der Waals surface area contributed by atoms with E-state index in [1.54, 1.807) is 18.5 Å². The number of halogens is 1. The van der Waals surface area contributed by atoms with Gasteiger partial charge >= 0.3 is 0 Å². The molecule has 8 heteroatoms. The molecule has 3 N–H and O–H groups in total. The molecule has 0 saturated carbocycles. The lowest BCUT2D eigenvalue weighted by atomic mass is 10.1. The van der Waals surface area contributed by atoms with Crippen molar-refractivity contribution < 1.29 is 5.11 Å². The predicted octanol–water partition coefficient (Wildman–Crippen LogP) is 1.78. The highest BCUT2D eigenvalue weighted by atomic mass is 35.5. The van der Waals surface area contributed by atoms with Crippen LogP contribution in [0.4, 0.5) is 0 Å². The van der Waals surface area contributed by atoms with Crippen LogP contribution in [0.5, 0.6) is 0 Å². The molecule has 1 atom stereocenters. The number of nitrogens with one attached hydrogen (secondary N) is 2. The summed E-state index contributed by atoms with van der Waals surface area (Å²) in [7, 11) is 0. The second-order valence-electron chi connectivity index (χ2n) is 5.48. The van der Waals surface area contributed by atoms with Crippen molar-refractivity contribution in [2.75, 3.05) is 19.6 Å².